The van der Waals surface area contributed by atoms with E-state index >= 15 is 0 Å². The van der Waals surface area contributed by atoms with Gasteiger partial charge in [-0.05, 0) is 25.7 Å². The molecule has 0 bridgehead atoms. The number of carbonyl (C=O) groups is 1. The van der Waals surface area contributed by atoms with Gasteiger partial charge in [0.1, 0.15) is 12.4 Å². The highest BCUT2D eigenvalue weighted by Gasteiger charge is 2.25. The number of rotatable bonds is 6. The topological polar surface area (TPSA) is 105 Å². The molecule has 7 nitrogen and oxygen atoms in total. The summed E-state index contributed by atoms with van der Waals surface area (Å²) in [5.74, 6) is 0.0449. The summed E-state index contributed by atoms with van der Waals surface area (Å²) in [7, 11) is 0. The molecule has 0 aromatic carbocycles. The van der Waals surface area contributed by atoms with E-state index < -0.39 is 5.97 Å². The monoisotopic (exact) mass is 281 g/mol. The van der Waals surface area contributed by atoms with Crippen LogP contribution < -0.4 is 10.1 Å². The summed E-state index contributed by atoms with van der Waals surface area (Å²) in [4.78, 5) is 19.1. The van der Waals surface area contributed by atoms with Gasteiger partial charge >= 0.3 is 5.97 Å². The molecule has 20 heavy (non-hydrogen) atoms. The Bertz CT molecular complexity index is 447. The van der Waals surface area contributed by atoms with Crippen LogP contribution in [0.2, 0.25) is 0 Å². The van der Waals surface area contributed by atoms with Gasteiger partial charge in [-0.15, -0.1) is 0 Å². The van der Waals surface area contributed by atoms with Crippen LogP contribution in [0.4, 0.5) is 5.82 Å². The molecule has 7 heteroatoms. The molecule has 0 amide bonds. The van der Waals surface area contributed by atoms with Crippen LogP contribution in [0.1, 0.15) is 25.7 Å². The minimum absolute atomic E-state index is 0.0709. The molecule has 1 saturated carbocycles. The molecular formula is C13H19N3O4. The number of aliphatic carboxylic acids is 1. The van der Waals surface area contributed by atoms with Gasteiger partial charge in [-0.1, -0.05) is 0 Å². The van der Waals surface area contributed by atoms with Crippen molar-refractivity contribution in [2.45, 2.75) is 31.7 Å². The Morgan fingerprint density at radius 3 is 2.75 bits per heavy atom. The van der Waals surface area contributed by atoms with Crippen LogP contribution in [0.25, 0.3) is 0 Å². The zero-order chi connectivity index (χ0) is 14.4. The van der Waals surface area contributed by atoms with Crippen molar-refractivity contribution in [3.63, 3.8) is 0 Å². The number of ether oxygens (including phenoxy) is 1. The first kappa shape index (κ1) is 14.5. The maximum atomic E-state index is 10.9. The van der Waals surface area contributed by atoms with Crippen molar-refractivity contribution in [1.82, 2.24) is 9.97 Å². The zero-order valence-electron chi connectivity index (χ0n) is 11.2. The Kier molecular flexibility index (Phi) is 5.11. The van der Waals surface area contributed by atoms with Crippen molar-refractivity contribution in [1.29, 1.82) is 0 Å². The van der Waals surface area contributed by atoms with E-state index in [0.29, 0.717) is 24.5 Å². The number of anilines is 1. The molecular weight excluding hydrogens is 262 g/mol. The average Bonchev–Trinajstić information content (AvgIpc) is 2.46. The highest BCUT2D eigenvalue weighted by Crippen LogP contribution is 2.26. The summed E-state index contributed by atoms with van der Waals surface area (Å²) in [5, 5.41) is 20.9. The first-order chi connectivity index (χ1) is 9.69. The van der Waals surface area contributed by atoms with Gasteiger partial charge in [0.15, 0.2) is 0 Å². The Hall–Kier alpha value is -1.89. The van der Waals surface area contributed by atoms with E-state index in [1.807, 2.05) is 0 Å². The van der Waals surface area contributed by atoms with Crippen LogP contribution in [0.3, 0.4) is 0 Å². The molecule has 2 rings (SSSR count). The molecule has 0 atom stereocenters. The summed E-state index contributed by atoms with van der Waals surface area (Å²) < 4.78 is 5.19. The van der Waals surface area contributed by atoms with Crippen molar-refractivity contribution in [2.24, 2.45) is 5.92 Å². The van der Waals surface area contributed by atoms with Crippen LogP contribution >= 0.6 is 0 Å². The smallest absolute Gasteiger partial charge is 0.306 e. The fourth-order valence-electron chi connectivity index (χ4n) is 2.33. The minimum atomic E-state index is -0.706. The second kappa shape index (κ2) is 7.04. The third-order valence-electron chi connectivity index (χ3n) is 3.38. The normalized spacial score (nSPS) is 22.2. The van der Waals surface area contributed by atoms with E-state index in [0.717, 1.165) is 12.8 Å². The fourth-order valence-corrected chi connectivity index (χ4v) is 2.33. The molecule has 110 valence electrons. The molecule has 1 fully saturated rings. The van der Waals surface area contributed by atoms with Gasteiger partial charge in [0.25, 0.3) is 0 Å². The molecule has 1 heterocycles. The lowest BCUT2D eigenvalue weighted by atomic mass is 9.86. The van der Waals surface area contributed by atoms with E-state index in [1.54, 1.807) is 6.20 Å². The largest absolute Gasteiger partial charge is 0.481 e. The van der Waals surface area contributed by atoms with Gasteiger partial charge in [-0.25, -0.2) is 0 Å². The quantitative estimate of drug-likeness (QED) is 0.711. The first-order valence-corrected chi connectivity index (χ1v) is 6.74. The highest BCUT2D eigenvalue weighted by molar-refractivity contribution is 5.70. The average molecular weight is 281 g/mol. The second-order valence-corrected chi connectivity index (χ2v) is 4.85. The van der Waals surface area contributed by atoms with Gasteiger partial charge in [0.05, 0.1) is 24.9 Å². The number of hydrogen-bond donors (Lipinski definition) is 3. The van der Waals surface area contributed by atoms with Gasteiger partial charge in [0.2, 0.25) is 5.88 Å². The summed E-state index contributed by atoms with van der Waals surface area (Å²) >= 11 is 0. The van der Waals surface area contributed by atoms with Crippen LogP contribution in [-0.2, 0) is 4.79 Å². The van der Waals surface area contributed by atoms with Gasteiger partial charge in [0, 0.05) is 6.04 Å². The van der Waals surface area contributed by atoms with E-state index in [1.165, 1.54) is 6.20 Å². The Labute approximate surface area is 117 Å². The third kappa shape index (κ3) is 4.06. The van der Waals surface area contributed by atoms with Crippen LogP contribution in [-0.4, -0.2) is 45.4 Å². The summed E-state index contributed by atoms with van der Waals surface area (Å²) in [5.41, 5.74) is 0. The maximum absolute atomic E-state index is 10.9. The fraction of sp³-hybridized carbons (Fsp3) is 0.615. The first-order valence-electron chi connectivity index (χ1n) is 6.74. The maximum Gasteiger partial charge on any atom is 0.306 e. The molecule has 0 aliphatic heterocycles. The Morgan fingerprint density at radius 1 is 1.35 bits per heavy atom. The SMILES string of the molecule is O=C(O)C1CCC(Nc2cncc(OCCO)n2)CC1. The standard InChI is InChI=1S/C13H19N3O4/c17-5-6-20-12-8-14-7-11(16-12)15-10-3-1-9(2-4-10)13(18)19/h7-10,17H,1-6H2,(H,15,16)(H,18,19). The van der Waals surface area contributed by atoms with E-state index in [2.05, 4.69) is 15.3 Å². The molecule has 0 spiro atoms. The number of carboxylic acid groups (broad SMARTS) is 1. The lowest BCUT2D eigenvalue weighted by Gasteiger charge is -2.27. The molecule has 0 radical (unpaired) electrons. The number of aromatic nitrogens is 2. The van der Waals surface area contributed by atoms with Crippen molar-refractivity contribution in [3.05, 3.63) is 12.4 Å². The van der Waals surface area contributed by atoms with Crippen molar-refractivity contribution in [2.75, 3.05) is 18.5 Å². The third-order valence-corrected chi connectivity index (χ3v) is 3.38. The van der Waals surface area contributed by atoms with Crippen LogP contribution in [0, 0.1) is 5.92 Å². The molecule has 1 aliphatic carbocycles. The predicted molar refractivity (Wildman–Crippen MR) is 71.6 cm³/mol. The summed E-state index contributed by atoms with van der Waals surface area (Å²) in [6.07, 6.45) is 6.07. The molecule has 0 unspecified atom stereocenters. The molecule has 1 aromatic rings. The predicted octanol–water partition coefficient (Wildman–Crippen LogP) is 0.903. The molecule has 0 saturated heterocycles. The van der Waals surface area contributed by atoms with Gasteiger partial charge in [-0.2, -0.15) is 4.98 Å². The van der Waals surface area contributed by atoms with E-state index in [4.69, 9.17) is 14.9 Å². The Morgan fingerprint density at radius 2 is 2.10 bits per heavy atom. The number of carboxylic acids is 1. The Balaban J connectivity index is 1.86. The molecule has 3 N–H and O–H groups in total. The van der Waals surface area contributed by atoms with Crippen molar-refractivity contribution >= 4 is 11.8 Å². The lowest BCUT2D eigenvalue weighted by Crippen LogP contribution is -2.29. The number of nitrogens with one attached hydrogen (secondary N) is 1. The summed E-state index contributed by atoms with van der Waals surface area (Å²) in [6, 6.07) is 0.216. The van der Waals surface area contributed by atoms with Crippen molar-refractivity contribution in [3.8, 4) is 5.88 Å². The second-order valence-electron chi connectivity index (χ2n) is 4.85. The minimum Gasteiger partial charge on any atom is -0.481 e. The summed E-state index contributed by atoms with van der Waals surface area (Å²) in [6.45, 7) is 0.111. The zero-order valence-corrected chi connectivity index (χ0v) is 11.2. The lowest BCUT2D eigenvalue weighted by molar-refractivity contribution is -0.142. The highest BCUT2D eigenvalue weighted by atomic mass is 16.5. The van der Waals surface area contributed by atoms with Crippen LogP contribution in [0.15, 0.2) is 12.4 Å². The number of aliphatic hydroxyl groups excluding tert-OH is 1. The van der Waals surface area contributed by atoms with Gasteiger partial charge in [-0.3, -0.25) is 9.78 Å². The molecule has 1 aromatic heterocycles. The van der Waals surface area contributed by atoms with Crippen molar-refractivity contribution < 1.29 is 19.7 Å². The number of aliphatic hydroxyl groups is 1. The van der Waals surface area contributed by atoms with E-state index in [9.17, 15) is 4.79 Å². The molecule has 1 aliphatic rings. The number of hydrogen-bond acceptors (Lipinski definition) is 6. The number of nitrogens with zero attached hydrogens (tertiary/aromatic N) is 2. The van der Waals surface area contributed by atoms with Gasteiger partial charge < -0.3 is 20.3 Å². The van der Waals surface area contributed by atoms with E-state index in [-0.39, 0.29) is 25.2 Å². The van der Waals surface area contributed by atoms with Crippen LogP contribution in [0.5, 0.6) is 5.88 Å².